The molecule has 0 aromatic carbocycles. The first-order chi connectivity index (χ1) is 5.13. The Morgan fingerprint density at radius 1 is 0.923 bits per heavy atom. The van der Waals surface area contributed by atoms with E-state index in [1.165, 1.54) is 0 Å². The molecule has 13 heavy (non-hydrogen) atoms. The van der Waals surface area contributed by atoms with Gasteiger partial charge in [-0.05, 0) is 12.8 Å². The summed E-state index contributed by atoms with van der Waals surface area (Å²) in [6.45, 7) is 0. The number of aliphatic carboxylic acids is 2. The molecule has 0 aliphatic heterocycles. The van der Waals surface area contributed by atoms with Crippen LogP contribution in [0.2, 0.25) is 0 Å². The van der Waals surface area contributed by atoms with Crippen molar-refractivity contribution in [2.45, 2.75) is 19.3 Å². The third-order valence-electron chi connectivity index (χ3n) is 2.12. The minimum atomic E-state index is -1.27. The number of carboxylic acid groups (broad SMARTS) is 2. The molecule has 1 aliphatic rings. The first-order valence-electron chi connectivity index (χ1n) is 3.54. The zero-order chi connectivity index (χ0) is 8.43. The van der Waals surface area contributed by atoms with Gasteiger partial charge in [-0.2, -0.15) is 0 Å². The standard InChI is InChI=1S/C7H10O4.2Li/c8-6(9)4-2-1-3-5(4)7(10)11;;/h4-5H,1-3H2,(H,8,9)(H,10,11);;/q;2*+1/p-2/t4-,5-;;/m0../s1. The summed E-state index contributed by atoms with van der Waals surface area (Å²) >= 11 is 0. The van der Waals surface area contributed by atoms with E-state index in [0.29, 0.717) is 19.3 Å². The van der Waals surface area contributed by atoms with Gasteiger partial charge in [0.15, 0.2) is 0 Å². The van der Waals surface area contributed by atoms with Gasteiger partial charge in [0.05, 0.1) is 0 Å². The van der Waals surface area contributed by atoms with Gasteiger partial charge in [0.25, 0.3) is 0 Å². The Balaban J connectivity index is 0. The summed E-state index contributed by atoms with van der Waals surface area (Å²) in [5.41, 5.74) is 0. The molecule has 0 bridgehead atoms. The van der Waals surface area contributed by atoms with E-state index < -0.39 is 23.8 Å². The summed E-state index contributed by atoms with van der Waals surface area (Å²) in [6.07, 6.45) is 1.44. The molecule has 0 radical (unpaired) electrons. The average molecular weight is 170 g/mol. The molecule has 62 valence electrons. The summed E-state index contributed by atoms with van der Waals surface area (Å²) in [7, 11) is 0. The summed E-state index contributed by atoms with van der Waals surface area (Å²) in [5.74, 6) is -4.20. The Hall–Kier alpha value is 0.135. The molecular weight excluding hydrogens is 162 g/mol. The van der Waals surface area contributed by atoms with Gasteiger partial charge in [-0.15, -0.1) is 0 Å². The molecule has 0 aromatic rings. The second-order valence-corrected chi connectivity index (χ2v) is 2.78. The van der Waals surface area contributed by atoms with Crippen LogP contribution in [-0.2, 0) is 9.59 Å². The molecule has 0 N–H and O–H groups in total. The molecule has 2 atom stereocenters. The Morgan fingerprint density at radius 2 is 1.23 bits per heavy atom. The zero-order valence-corrected chi connectivity index (χ0v) is 7.91. The maximum Gasteiger partial charge on any atom is 1.00 e. The largest absolute Gasteiger partial charge is 1.00 e. The maximum absolute atomic E-state index is 10.3. The van der Waals surface area contributed by atoms with Crippen molar-refractivity contribution in [1.29, 1.82) is 0 Å². The van der Waals surface area contributed by atoms with E-state index in [0.717, 1.165) is 0 Å². The fourth-order valence-corrected chi connectivity index (χ4v) is 1.52. The Labute approximate surface area is 100 Å². The molecule has 0 heterocycles. The first-order valence-corrected chi connectivity index (χ1v) is 3.54. The molecule has 4 nitrogen and oxygen atoms in total. The SMILES string of the molecule is O=C([O-])[C@H]1CCC[C@@H]1C(=O)[O-].[Li+].[Li+]. The van der Waals surface area contributed by atoms with Crippen LogP contribution in [0.5, 0.6) is 0 Å². The monoisotopic (exact) mass is 170 g/mol. The fourth-order valence-electron chi connectivity index (χ4n) is 1.52. The van der Waals surface area contributed by atoms with E-state index in [4.69, 9.17) is 0 Å². The third kappa shape index (κ3) is 3.79. The second kappa shape index (κ2) is 6.57. The van der Waals surface area contributed by atoms with Crippen LogP contribution in [-0.4, -0.2) is 11.9 Å². The van der Waals surface area contributed by atoms with Crippen LogP contribution in [0.3, 0.4) is 0 Å². The molecule has 0 aromatic heterocycles. The number of hydrogen-bond acceptors (Lipinski definition) is 4. The van der Waals surface area contributed by atoms with Crippen LogP contribution in [0.15, 0.2) is 0 Å². The summed E-state index contributed by atoms with van der Waals surface area (Å²) < 4.78 is 0. The van der Waals surface area contributed by atoms with Gasteiger partial charge < -0.3 is 19.8 Å². The molecule has 0 unspecified atom stereocenters. The van der Waals surface area contributed by atoms with E-state index in [1.807, 2.05) is 0 Å². The van der Waals surface area contributed by atoms with Gasteiger partial charge in [0.2, 0.25) is 0 Å². The van der Waals surface area contributed by atoms with Crippen molar-refractivity contribution < 1.29 is 57.5 Å². The Bertz CT molecular complexity index is 175. The average Bonchev–Trinajstić information content (AvgIpc) is 2.32. The van der Waals surface area contributed by atoms with E-state index >= 15 is 0 Å². The van der Waals surface area contributed by atoms with E-state index in [2.05, 4.69) is 0 Å². The molecule has 1 aliphatic carbocycles. The fraction of sp³-hybridized carbons (Fsp3) is 0.714. The normalized spacial score (nSPS) is 25.5. The van der Waals surface area contributed by atoms with Gasteiger partial charge in [-0.25, -0.2) is 0 Å². The number of carboxylic acids is 2. The van der Waals surface area contributed by atoms with Crippen LogP contribution in [0.1, 0.15) is 19.3 Å². The topological polar surface area (TPSA) is 80.3 Å². The van der Waals surface area contributed by atoms with Crippen molar-refractivity contribution in [1.82, 2.24) is 0 Å². The van der Waals surface area contributed by atoms with Gasteiger partial charge in [-0.1, -0.05) is 6.42 Å². The predicted octanol–water partition coefficient (Wildman–Crippen LogP) is -8.09. The summed E-state index contributed by atoms with van der Waals surface area (Å²) in [5, 5.41) is 20.6. The van der Waals surface area contributed by atoms with Crippen molar-refractivity contribution in [2.75, 3.05) is 0 Å². The quantitative estimate of drug-likeness (QED) is 0.385. The van der Waals surface area contributed by atoms with Crippen LogP contribution >= 0.6 is 0 Å². The smallest absolute Gasteiger partial charge is 0.550 e. The van der Waals surface area contributed by atoms with Crippen molar-refractivity contribution in [3.8, 4) is 0 Å². The number of rotatable bonds is 2. The van der Waals surface area contributed by atoms with Crippen molar-refractivity contribution in [3.63, 3.8) is 0 Å². The molecule has 0 amide bonds. The molecule has 0 spiro atoms. The molecule has 0 saturated heterocycles. The Morgan fingerprint density at radius 3 is 1.46 bits per heavy atom. The molecule has 1 fully saturated rings. The Kier molecular flexibility index (Phi) is 7.88. The van der Waals surface area contributed by atoms with Crippen LogP contribution in [0.4, 0.5) is 0 Å². The van der Waals surface area contributed by atoms with Crippen LogP contribution in [0.25, 0.3) is 0 Å². The number of carbonyl (C=O) groups excluding carboxylic acids is 2. The van der Waals surface area contributed by atoms with Gasteiger partial charge in [0.1, 0.15) is 0 Å². The molecular formula is C7H8Li2O4. The minimum Gasteiger partial charge on any atom is -0.550 e. The minimum absolute atomic E-state index is 0. The number of carbonyl (C=O) groups is 2. The molecule has 1 rings (SSSR count). The van der Waals surface area contributed by atoms with E-state index in [9.17, 15) is 19.8 Å². The molecule has 6 heteroatoms. The van der Waals surface area contributed by atoms with E-state index in [1.54, 1.807) is 0 Å². The predicted molar refractivity (Wildman–Crippen MR) is 30.8 cm³/mol. The summed E-state index contributed by atoms with van der Waals surface area (Å²) in [6, 6.07) is 0. The van der Waals surface area contributed by atoms with Gasteiger partial charge in [0, 0.05) is 23.8 Å². The van der Waals surface area contributed by atoms with Gasteiger partial charge in [-0.3, -0.25) is 0 Å². The van der Waals surface area contributed by atoms with Crippen molar-refractivity contribution >= 4 is 11.9 Å². The molecule has 1 saturated carbocycles. The van der Waals surface area contributed by atoms with E-state index in [-0.39, 0.29) is 37.7 Å². The second-order valence-electron chi connectivity index (χ2n) is 2.78. The first kappa shape index (κ1) is 15.6. The third-order valence-corrected chi connectivity index (χ3v) is 2.12. The van der Waals surface area contributed by atoms with Crippen molar-refractivity contribution in [2.24, 2.45) is 11.8 Å². The zero-order valence-electron chi connectivity index (χ0n) is 7.91. The number of hydrogen-bond donors (Lipinski definition) is 0. The van der Waals surface area contributed by atoms with Crippen molar-refractivity contribution in [3.05, 3.63) is 0 Å². The van der Waals surface area contributed by atoms with Gasteiger partial charge >= 0.3 is 37.7 Å². The van der Waals surface area contributed by atoms with Crippen LogP contribution < -0.4 is 47.9 Å². The summed E-state index contributed by atoms with van der Waals surface area (Å²) in [4.78, 5) is 20.6. The maximum atomic E-state index is 10.3. The van der Waals surface area contributed by atoms with Crippen LogP contribution in [0, 0.1) is 11.8 Å².